The predicted octanol–water partition coefficient (Wildman–Crippen LogP) is 3.98. The Morgan fingerprint density at radius 2 is 1.80 bits per heavy atom. The fraction of sp³-hybridized carbons (Fsp3) is 0.211. The molecule has 0 amide bonds. The molecule has 6 nitrogen and oxygen atoms in total. The van der Waals surface area contributed by atoms with Crippen molar-refractivity contribution in [3.05, 3.63) is 65.7 Å². The van der Waals surface area contributed by atoms with Crippen molar-refractivity contribution in [1.29, 1.82) is 0 Å². The smallest absolute Gasteiger partial charge is 0.337 e. The monoisotopic (exact) mass is 338 g/mol. The molecule has 130 valence electrons. The molecule has 6 heteroatoms. The zero-order chi connectivity index (χ0) is 18.4. The van der Waals surface area contributed by atoms with E-state index in [4.69, 9.17) is 10.6 Å². The Hall–Kier alpha value is -3.15. The molecule has 0 saturated heterocycles. The molecule has 0 unspecified atom stereocenters. The maximum Gasteiger partial charge on any atom is 0.337 e. The quantitative estimate of drug-likeness (QED) is 0.374. The third-order valence-corrected chi connectivity index (χ3v) is 3.84. The van der Waals surface area contributed by atoms with Crippen molar-refractivity contribution in [2.24, 2.45) is 16.3 Å². The van der Waals surface area contributed by atoms with Gasteiger partial charge in [-0.15, -0.1) is 0 Å². The first kappa shape index (κ1) is 18.2. The van der Waals surface area contributed by atoms with Crippen LogP contribution in [0.1, 0.15) is 28.4 Å². The lowest BCUT2D eigenvalue weighted by molar-refractivity contribution is 0.0600. The molecule has 25 heavy (non-hydrogen) atoms. The third kappa shape index (κ3) is 4.23. The number of carbonyl (C=O) groups is 1. The molecule has 0 atom stereocenters. The molecule has 0 fully saturated rings. The Labute approximate surface area is 147 Å². The standard InChI is InChI=1S/C19H22N4O2/c1-5-23(22-21-20)14(3)16-10-17(12-18(11-16)19(24)25-4)15-8-6-13(2)7-9-15/h6-12H,3,5H2,1-2,4H3,(H2,20,22). The van der Waals surface area contributed by atoms with Gasteiger partial charge in [0.25, 0.3) is 0 Å². The van der Waals surface area contributed by atoms with Gasteiger partial charge in [-0.1, -0.05) is 41.6 Å². The van der Waals surface area contributed by atoms with E-state index in [0.29, 0.717) is 17.8 Å². The molecule has 2 aromatic carbocycles. The Morgan fingerprint density at radius 1 is 1.16 bits per heavy atom. The van der Waals surface area contributed by atoms with Crippen LogP contribution in [0, 0.1) is 6.92 Å². The van der Waals surface area contributed by atoms with Crippen LogP contribution in [0.3, 0.4) is 0 Å². The van der Waals surface area contributed by atoms with E-state index >= 15 is 0 Å². The number of ether oxygens (including phenoxy) is 1. The van der Waals surface area contributed by atoms with Crippen molar-refractivity contribution in [3.63, 3.8) is 0 Å². The molecule has 0 aliphatic heterocycles. The highest BCUT2D eigenvalue weighted by Crippen LogP contribution is 2.28. The summed E-state index contributed by atoms with van der Waals surface area (Å²) in [6, 6.07) is 13.5. The Balaban J connectivity index is 2.56. The van der Waals surface area contributed by atoms with E-state index in [1.54, 1.807) is 17.1 Å². The summed E-state index contributed by atoms with van der Waals surface area (Å²) in [5.74, 6) is 4.75. The van der Waals surface area contributed by atoms with E-state index in [0.717, 1.165) is 22.3 Å². The van der Waals surface area contributed by atoms with Crippen molar-refractivity contribution in [1.82, 2.24) is 5.01 Å². The first-order valence-corrected chi connectivity index (χ1v) is 7.88. The number of benzene rings is 2. The van der Waals surface area contributed by atoms with E-state index in [-0.39, 0.29) is 0 Å². The minimum absolute atomic E-state index is 0.411. The van der Waals surface area contributed by atoms with E-state index < -0.39 is 5.97 Å². The molecule has 0 aliphatic carbocycles. The average molecular weight is 338 g/mol. The third-order valence-electron chi connectivity index (χ3n) is 3.84. The van der Waals surface area contributed by atoms with E-state index in [1.165, 1.54) is 7.11 Å². The molecular weight excluding hydrogens is 316 g/mol. The second-order valence-electron chi connectivity index (χ2n) is 5.52. The summed E-state index contributed by atoms with van der Waals surface area (Å²) < 4.78 is 4.87. The first-order valence-electron chi connectivity index (χ1n) is 7.88. The normalized spacial score (nSPS) is 10.7. The zero-order valence-electron chi connectivity index (χ0n) is 14.7. The minimum atomic E-state index is -0.411. The van der Waals surface area contributed by atoms with Crippen LogP contribution in [0.2, 0.25) is 0 Å². The topological polar surface area (TPSA) is 80.3 Å². The van der Waals surface area contributed by atoms with Crippen LogP contribution in [-0.2, 0) is 4.74 Å². The molecule has 2 rings (SSSR count). The lowest BCUT2D eigenvalue weighted by Gasteiger charge is -2.19. The largest absolute Gasteiger partial charge is 0.465 e. The number of esters is 1. The summed E-state index contributed by atoms with van der Waals surface area (Å²) in [5, 5.41) is 8.73. The zero-order valence-corrected chi connectivity index (χ0v) is 14.7. The van der Waals surface area contributed by atoms with Crippen LogP contribution < -0.4 is 5.84 Å². The minimum Gasteiger partial charge on any atom is -0.465 e. The van der Waals surface area contributed by atoms with Gasteiger partial charge in [-0.05, 0) is 48.4 Å². The molecule has 0 saturated carbocycles. The van der Waals surface area contributed by atoms with Crippen LogP contribution in [-0.4, -0.2) is 24.6 Å². The number of nitrogens with two attached hydrogens (primary N) is 1. The number of hydrogen-bond acceptors (Lipinski definition) is 4. The fourth-order valence-electron chi connectivity index (χ4n) is 2.46. The van der Waals surface area contributed by atoms with Crippen molar-refractivity contribution in [2.45, 2.75) is 13.8 Å². The Kier molecular flexibility index (Phi) is 5.89. The van der Waals surface area contributed by atoms with Crippen molar-refractivity contribution in [2.75, 3.05) is 13.7 Å². The van der Waals surface area contributed by atoms with Crippen LogP contribution in [0.4, 0.5) is 0 Å². The summed E-state index contributed by atoms with van der Waals surface area (Å²) in [7, 11) is 1.36. The van der Waals surface area contributed by atoms with Crippen molar-refractivity contribution >= 4 is 11.7 Å². The molecule has 0 aromatic heterocycles. The van der Waals surface area contributed by atoms with Gasteiger partial charge in [0.15, 0.2) is 0 Å². The van der Waals surface area contributed by atoms with Gasteiger partial charge >= 0.3 is 5.97 Å². The van der Waals surface area contributed by atoms with Crippen LogP contribution in [0.15, 0.2) is 59.5 Å². The Bertz CT molecular complexity index is 798. The Morgan fingerprint density at radius 3 is 2.36 bits per heavy atom. The summed E-state index contributed by atoms with van der Waals surface area (Å²) in [5.41, 5.74) is 4.83. The first-order chi connectivity index (χ1) is 12.0. The highest BCUT2D eigenvalue weighted by atomic mass is 16.5. The lowest BCUT2D eigenvalue weighted by Crippen LogP contribution is -2.15. The van der Waals surface area contributed by atoms with Gasteiger partial charge in [0, 0.05) is 12.1 Å². The van der Waals surface area contributed by atoms with Crippen molar-refractivity contribution in [3.8, 4) is 11.1 Å². The molecule has 0 heterocycles. The fourth-order valence-corrected chi connectivity index (χ4v) is 2.46. The number of hydrogen-bond donors (Lipinski definition) is 1. The van der Waals surface area contributed by atoms with E-state index in [9.17, 15) is 4.79 Å². The van der Waals surface area contributed by atoms with Crippen LogP contribution >= 0.6 is 0 Å². The van der Waals surface area contributed by atoms with E-state index in [1.807, 2.05) is 44.2 Å². The molecule has 0 radical (unpaired) electrons. The van der Waals surface area contributed by atoms with Crippen LogP contribution in [0.25, 0.3) is 16.8 Å². The van der Waals surface area contributed by atoms with Gasteiger partial charge < -0.3 is 10.6 Å². The SMILES string of the molecule is C=C(c1cc(C(=O)OC)cc(-c2ccc(C)cc2)c1)N(CC)/N=N\N. The molecule has 2 aromatic rings. The van der Waals surface area contributed by atoms with Gasteiger partial charge in [0.1, 0.15) is 0 Å². The molecule has 0 spiro atoms. The predicted molar refractivity (Wildman–Crippen MR) is 98.4 cm³/mol. The summed E-state index contributed by atoms with van der Waals surface area (Å²) in [6.07, 6.45) is 0. The van der Waals surface area contributed by atoms with Gasteiger partial charge in [-0.2, -0.15) is 0 Å². The molecule has 0 bridgehead atoms. The average Bonchev–Trinajstić information content (AvgIpc) is 2.65. The number of rotatable bonds is 6. The van der Waals surface area contributed by atoms with Gasteiger partial charge in [0.2, 0.25) is 0 Å². The highest BCUT2D eigenvalue weighted by molar-refractivity contribution is 5.92. The second kappa shape index (κ2) is 8.10. The summed E-state index contributed by atoms with van der Waals surface area (Å²) in [6.45, 7) is 8.53. The van der Waals surface area contributed by atoms with E-state index in [2.05, 4.69) is 17.0 Å². The highest BCUT2D eigenvalue weighted by Gasteiger charge is 2.14. The maximum atomic E-state index is 12.1. The molecule has 0 aliphatic rings. The number of nitrogens with zero attached hydrogens (tertiary/aromatic N) is 3. The number of carbonyl (C=O) groups excluding carboxylic acids is 1. The van der Waals surface area contributed by atoms with Gasteiger partial charge in [0.05, 0.1) is 18.4 Å². The molecule has 2 N–H and O–H groups in total. The van der Waals surface area contributed by atoms with Crippen LogP contribution in [0.5, 0.6) is 0 Å². The maximum absolute atomic E-state index is 12.1. The van der Waals surface area contributed by atoms with Gasteiger partial charge in [-0.3, -0.25) is 0 Å². The second-order valence-corrected chi connectivity index (χ2v) is 5.52. The van der Waals surface area contributed by atoms with Crippen molar-refractivity contribution < 1.29 is 9.53 Å². The number of aryl methyl sites for hydroxylation is 1. The number of methoxy groups -OCH3 is 1. The summed E-state index contributed by atoms with van der Waals surface area (Å²) in [4.78, 5) is 12.1. The van der Waals surface area contributed by atoms with Gasteiger partial charge in [-0.25, -0.2) is 9.80 Å². The molecular formula is C19H22N4O2. The lowest BCUT2D eigenvalue weighted by atomic mass is 9.98. The summed E-state index contributed by atoms with van der Waals surface area (Å²) >= 11 is 0.